The van der Waals surface area contributed by atoms with Gasteiger partial charge in [0.2, 0.25) is 5.91 Å². The van der Waals surface area contributed by atoms with Crippen LogP contribution in [0.25, 0.3) is 0 Å². The van der Waals surface area contributed by atoms with Crippen molar-refractivity contribution in [3.05, 3.63) is 0 Å². The standard InChI is InChI=1S/C32H55NO26/c1-8(38)33-15-21(46)17(42)11(3-35)54-29(15)58-27(16(41)9(39)2-34)10(40)6-52-31-26(51)28(59-32-25(50)23(48)19(44)13(5-37)56-32)20(45)14(57-31)7-53-30-24(49)22(47)18(43)12(4-36)55-30/h2,9-32,35-37,39-51H,3-7H2,1H3,(H,33,38)/t9-,10+,11+,12+,13+,14+,15+,16+,17+,18+,19+,20+,21+,22-,23-,24-,25-,26-,27+,28-,29-,30-,31-,32+/m0/s1. The third-order valence-electron chi connectivity index (χ3n) is 10.2. The molecule has 24 atom stereocenters. The molecule has 4 rings (SSSR count). The topological polar surface area (TPSA) is 444 Å². The highest BCUT2D eigenvalue weighted by Gasteiger charge is 2.53. The lowest BCUT2D eigenvalue weighted by molar-refractivity contribution is -0.368. The van der Waals surface area contributed by atoms with Crippen LogP contribution >= 0.6 is 0 Å². The molecule has 4 aliphatic heterocycles. The molecule has 0 bridgehead atoms. The van der Waals surface area contributed by atoms with Crippen LogP contribution in [0.4, 0.5) is 0 Å². The smallest absolute Gasteiger partial charge is 0.217 e. The van der Waals surface area contributed by atoms with Gasteiger partial charge in [0.25, 0.3) is 0 Å². The van der Waals surface area contributed by atoms with Crippen molar-refractivity contribution in [2.45, 2.75) is 154 Å². The Kier molecular flexibility index (Phi) is 18.6. The monoisotopic (exact) mass is 869 g/mol. The Morgan fingerprint density at radius 2 is 1.08 bits per heavy atom. The second-order valence-electron chi connectivity index (χ2n) is 14.4. The van der Waals surface area contributed by atoms with E-state index in [1.54, 1.807) is 0 Å². The van der Waals surface area contributed by atoms with Crippen LogP contribution in [0.15, 0.2) is 0 Å². The van der Waals surface area contributed by atoms with E-state index in [-0.39, 0.29) is 6.29 Å². The molecule has 27 heteroatoms. The molecular weight excluding hydrogens is 814 g/mol. The molecule has 344 valence electrons. The van der Waals surface area contributed by atoms with E-state index in [9.17, 15) is 91.3 Å². The van der Waals surface area contributed by atoms with Crippen LogP contribution in [0.1, 0.15) is 6.92 Å². The van der Waals surface area contributed by atoms with Crippen molar-refractivity contribution in [3.8, 4) is 0 Å². The third kappa shape index (κ3) is 11.4. The van der Waals surface area contributed by atoms with E-state index in [4.69, 9.17) is 37.9 Å². The second-order valence-corrected chi connectivity index (χ2v) is 14.4. The number of aliphatic hydroxyl groups is 16. The average Bonchev–Trinajstić information content (AvgIpc) is 3.21. The van der Waals surface area contributed by atoms with Gasteiger partial charge < -0.3 is 130 Å². The summed E-state index contributed by atoms with van der Waals surface area (Å²) < 4.78 is 44.0. The number of nitrogens with one attached hydrogen (secondary N) is 1. The fourth-order valence-corrected chi connectivity index (χ4v) is 6.77. The lowest BCUT2D eigenvalue weighted by Gasteiger charge is -2.47. The fourth-order valence-electron chi connectivity index (χ4n) is 6.77. The van der Waals surface area contributed by atoms with E-state index in [2.05, 4.69) is 5.32 Å². The van der Waals surface area contributed by atoms with Gasteiger partial charge >= 0.3 is 0 Å². The number of ether oxygens (including phenoxy) is 8. The molecule has 4 saturated heterocycles. The summed E-state index contributed by atoms with van der Waals surface area (Å²) in [5.41, 5.74) is 0. The van der Waals surface area contributed by atoms with Crippen LogP contribution in [0, 0.1) is 0 Å². The molecule has 4 heterocycles. The van der Waals surface area contributed by atoms with Gasteiger partial charge in [0.15, 0.2) is 31.4 Å². The first kappa shape index (κ1) is 49.8. The SMILES string of the molecule is CC(=O)N[C@H]1[C@H](O[C@@H]([C@H](O)[C@@H](O)C=O)[C@H](O)CO[C@H]2O[C@H](CO[C@H]3O[C@H](CO)[C@@H](O)[C@H](O)[C@@H]3O)[C@@H](O)[C@H](O[C@H]3O[C@H](CO)[C@@H](O)[C@H](O)[C@@H]3O)[C@@H]2O)O[C@H](CO)[C@@H](O)[C@@H]1O. The molecule has 4 fully saturated rings. The van der Waals surface area contributed by atoms with Crippen molar-refractivity contribution in [1.82, 2.24) is 5.32 Å². The quantitative estimate of drug-likeness (QED) is 0.0569. The molecule has 59 heavy (non-hydrogen) atoms. The number of amides is 1. The molecule has 0 aliphatic carbocycles. The molecule has 17 N–H and O–H groups in total. The summed E-state index contributed by atoms with van der Waals surface area (Å²) in [6, 6.07) is -1.64. The first-order valence-corrected chi connectivity index (χ1v) is 18.4. The summed E-state index contributed by atoms with van der Waals surface area (Å²) in [6.45, 7) is -3.55. The number of hydrogen-bond donors (Lipinski definition) is 17. The molecule has 0 unspecified atom stereocenters. The maximum absolute atomic E-state index is 11.9. The number of aldehydes is 1. The van der Waals surface area contributed by atoms with Crippen LogP contribution in [-0.4, -0.2) is 274 Å². The normalized spacial score (nSPS) is 45.2. The molecule has 0 aromatic heterocycles. The maximum Gasteiger partial charge on any atom is 0.217 e. The summed E-state index contributed by atoms with van der Waals surface area (Å²) in [4.78, 5) is 23.4. The summed E-state index contributed by atoms with van der Waals surface area (Å²) in [5.74, 6) is -0.786. The molecule has 27 nitrogen and oxygen atoms in total. The number of carbonyl (C=O) groups is 2. The fraction of sp³-hybridized carbons (Fsp3) is 0.938. The second kappa shape index (κ2) is 22.0. The molecule has 0 radical (unpaired) electrons. The summed E-state index contributed by atoms with van der Waals surface area (Å²) in [5, 5.41) is 169. The Morgan fingerprint density at radius 3 is 1.61 bits per heavy atom. The van der Waals surface area contributed by atoms with Gasteiger partial charge in [-0.2, -0.15) is 0 Å². The van der Waals surface area contributed by atoms with Gasteiger partial charge in [-0.3, -0.25) is 4.79 Å². The predicted octanol–water partition coefficient (Wildman–Crippen LogP) is -11.9. The summed E-state index contributed by atoms with van der Waals surface area (Å²) >= 11 is 0. The minimum Gasteiger partial charge on any atom is -0.394 e. The molecule has 0 spiro atoms. The lowest BCUT2D eigenvalue weighted by Crippen LogP contribution is -2.66. The molecule has 4 aliphatic rings. The zero-order valence-electron chi connectivity index (χ0n) is 31.2. The van der Waals surface area contributed by atoms with Crippen molar-refractivity contribution < 1.29 is 129 Å². The van der Waals surface area contributed by atoms with Crippen LogP contribution in [0.2, 0.25) is 0 Å². The Labute approximate surface area is 334 Å². The molecule has 0 aromatic carbocycles. The van der Waals surface area contributed by atoms with Gasteiger partial charge in [-0.05, 0) is 0 Å². The first-order chi connectivity index (χ1) is 27.8. The molecule has 1 amide bonds. The zero-order chi connectivity index (χ0) is 44.0. The lowest BCUT2D eigenvalue weighted by atomic mass is 9.96. The predicted molar refractivity (Wildman–Crippen MR) is 179 cm³/mol. The van der Waals surface area contributed by atoms with Crippen molar-refractivity contribution in [2.75, 3.05) is 33.0 Å². The number of hydrogen-bond acceptors (Lipinski definition) is 26. The summed E-state index contributed by atoms with van der Waals surface area (Å²) in [7, 11) is 0. The van der Waals surface area contributed by atoms with Gasteiger partial charge in [0, 0.05) is 6.92 Å². The van der Waals surface area contributed by atoms with Gasteiger partial charge in [0.05, 0.1) is 33.0 Å². The highest BCUT2D eigenvalue weighted by Crippen LogP contribution is 2.32. The largest absolute Gasteiger partial charge is 0.394 e. The van der Waals surface area contributed by atoms with E-state index < -0.39 is 186 Å². The van der Waals surface area contributed by atoms with E-state index >= 15 is 0 Å². The number of aliphatic hydroxyl groups excluding tert-OH is 16. The van der Waals surface area contributed by atoms with Crippen LogP contribution < -0.4 is 5.32 Å². The van der Waals surface area contributed by atoms with E-state index in [0.717, 1.165) is 6.92 Å². The van der Waals surface area contributed by atoms with Crippen LogP contribution in [-0.2, 0) is 47.5 Å². The molecule has 0 aromatic rings. The van der Waals surface area contributed by atoms with Gasteiger partial charge in [-0.1, -0.05) is 0 Å². The Hall–Kier alpha value is -1.82. The van der Waals surface area contributed by atoms with E-state index in [1.807, 2.05) is 0 Å². The number of rotatable bonds is 18. The van der Waals surface area contributed by atoms with Gasteiger partial charge in [-0.15, -0.1) is 0 Å². The molecule has 0 saturated carbocycles. The third-order valence-corrected chi connectivity index (χ3v) is 10.2. The highest BCUT2D eigenvalue weighted by molar-refractivity contribution is 5.73. The summed E-state index contributed by atoms with van der Waals surface area (Å²) in [6.07, 6.45) is -44.3. The highest BCUT2D eigenvalue weighted by atomic mass is 16.8. The van der Waals surface area contributed by atoms with Crippen LogP contribution in [0.3, 0.4) is 0 Å². The van der Waals surface area contributed by atoms with Crippen molar-refractivity contribution >= 4 is 12.2 Å². The Morgan fingerprint density at radius 1 is 0.610 bits per heavy atom. The van der Waals surface area contributed by atoms with Gasteiger partial charge in [0.1, 0.15) is 122 Å². The van der Waals surface area contributed by atoms with Crippen molar-refractivity contribution in [3.63, 3.8) is 0 Å². The van der Waals surface area contributed by atoms with Crippen molar-refractivity contribution in [2.24, 2.45) is 0 Å². The van der Waals surface area contributed by atoms with Crippen molar-refractivity contribution in [1.29, 1.82) is 0 Å². The minimum absolute atomic E-state index is 0.146. The average molecular weight is 870 g/mol. The van der Waals surface area contributed by atoms with Crippen LogP contribution in [0.5, 0.6) is 0 Å². The molecular formula is C32H55NO26. The first-order valence-electron chi connectivity index (χ1n) is 18.4. The Bertz CT molecular complexity index is 1300. The Balaban J connectivity index is 1.58. The van der Waals surface area contributed by atoms with Gasteiger partial charge in [-0.25, -0.2) is 0 Å². The maximum atomic E-state index is 11.9. The van der Waals surface area contributed by atoms with E-state index in [0.29, 0.717) is 0 Å². The zero-order valence-corrected chi connectivity index (χ0v) is 31.2. The number of carbonyl (C=O) groups excluding carboxylic acids is 2. The van der Waals surface area contributed by atoms with E-state index in [1.165, 1.54) is 0 Å². The minimum atomic E-state index is -2.33.